The van der Waals surface area contributed by atoms with E-state index in [-0.39, 0.29) is 0 Å². The van der Waals surface area contributed by atoms with Crippen LogP contribution in [0.15, 0.2) is 54.6 Å². The Bertz CT molecular complexity index is 730. The molecular formula is C25H32. The van der Waals surface area contributed by atoms with Crippen LogP contribution in [0.25, 0.3) is 16.8 Å². The maximum Gasteiger partial charge on any atom is 0.00609 e. The van der Waals surface area contributed by atoms with E-state index in [4.69, 9.17) is 0 Å². The van der Waals surface area contributed by atoms with Gasteiger partial charge in [0.2, 0.25) is 0 Å². The molecule has 2 aromatic carbocycles. The summed E-state index contributed by atoms with van der Waals surface area (Å²) in [6, 6.07) is 13.5. The maximum atomic E-state index is 3.99. The molecule has 1 aliphatic carbocycles. The van der Waals surface area contributed by atoms with Gasteiger partial charge in [0, 0.05) is 5.92 Å². The van der Waals surface area contributed by atoms with Gasteiger partial charge in [-0.1, -0.05) is 106 Å². The lowest BCUT2D eigenvalue weighted by atomic mass is 9.77. The van der Waals surface area contributed by atoms with Crippen LogP contribution in [0.5, 0.6) is 0 Å². The Balaban J connectivity index is 1.72. The smallest absolute Gasteiger partial charge is 0.00609 e. The molecule has 1 unspecified atom stereocenters. The normalized spacial score (nSPS) is 16.0. The monoisotopic (exact) mass is 332 g/mol. The summed E-state index contributed by atoms with van der Waals surface area (Å²) in [4.78, 5) is 0. The molecule has 1 aliphatic rings. The molecule has 0 aliphatic heterocycles. The molecule has 0 heterocycles. The fourth-order valence-corrected chi connectivity index (χ4v) is 4.32. The molecule has 132 valence electrons. The molecule has 2 aromatic rings. The van der Waals surface area contributed by atoms with Crippen molar-refractivity contribution in [3.63, 3.8) is 0 Å². The Labute approximate surface area is 153 Å². The van der Waals surface area contributed by atoms with Crippen molar-refractivity contribution in [2.24, 2.45) is 0 Å². The van der Waals surface area contributed by atoms with E-state index in [0.29, 0.717) is 5.92 Å². The molecule has 1 atom stereocenters. The fourth-order valence-electron chi connectivity index (χ4n) is 4.32. The SMILES string of the molecule is C=CCC1=Cc2cccc3cccc(c23)C1CCCCCCCCC. The molecule has 0 radical (unpaired) electrons. The van der Waals surface area contributed by atoms with Gasteiger partial charge in [0.1, 0.15) is 0 Å². The van der Waals surface area contributed by atoms with Crippen molar-refractivity contribution in [2.45, 2.75) is 70.6 Å². The quantitative estimate of drug-likeness (QED) is 0.305. The number of rotatable bonds is 10. The van der Waals surface area contributed by atoms with Gasteiger partial charge in [-0.05, 0) is 34.7 Å². The third kappa shape index (κ3) is 4.24. The van der Waals surface area contributed by atoms with Crippen LogP contribution in [0.4, 0.5) is 0 Å². The molecule has 0 heteroatoms. The average molecular weight is 333 g/mol. The summed E-state index contributed by atoms with van der Waals surface area (Å²) >= 11 is 0. The summed E-state index contributed by atoms with van der Waals surface area (Å²) in [7, 11) is 0. The minimum absolute atomic E-state index is 0.576. The van der Waals surface area contributed by atoms with Crippen molar-refractivity contribution in [1.29, 1.82) is 0 Å². The molecule has 0 amide bonds. The number of hydrogen-bond acceptors (Lipinski definition) is 0. The number of benzene rings is 2. The largest absolute Gasteiger partial charge is 0.103 e. The lowest BCUT2D eigenvalue weighted by molar-refractivity contribution is 0.555. The molecule has 0 bridgehead atoms. The van der Waals surface area contributed by atoms with E-state index in [1.807, 2.05) is 0 Å². The lowest BCUT2D eigenvalue weighted by Gasteiger charge is -2.27. The van der Waals surface area contributed by atoms with Gasteiger partial charge in [-0.3, -0.25) is 0 Å². The summed E-state index contributed by atoms with van der Waals surface area (Å²) in [6.45, 7) is 6.28. The molecule has 3 rings (SSSR count). The zero-order valence-electron chi connectivity index (χ0n) is 15.8. The molecule has 0 saturated heterocycles. The van der Waals surface area contributed by atoms with E-state index in [1.165, 1.54) is 67.7 Å². The first-order chi connectivity index (χ1) is 12.3. The molecule has 0 nitrogen and oxygen atoms in total. The van der Waals surface area contributed by atoms with Crippen LogP contribution in [0.1, 0.15) is 81.8 Å². The van der Waals surface area contributed by atoms with E-state index in [9.17, 15) is 0 Å². The average Bonchev–Trinajstić information content (AvgIpc) is 2.63. The van der Waals surface area contributed by atoms with Crippen LogP contribution >= 0.6 is 0 Å². The Morgan fingerprint density at radius 2 is 1.64 bits per heavy atom. The van der Waals surface area contributed by atoms with Gasteiger partial charge in [-0.25, -0.2) is 0 Å². The maximum absolute atomic E-state index is 3.99. The Morgan fingerprint density at radius 1 is 0.920 bits per heavy atom. The second-order valence-corrected chi connectivity index (χ2v) is 7.47. The van der Waals surface area contributed by atoms with Crippen LogP contribution in [0.3, 0.4) is 0 Å². The zero-order valence-corrected chi connectivity index (χ0v) is 15.8. The Morgan fingerprint density at radius 3 is 2.40 bits per heavy atom. The van der Waals surface area contributed by atoms with Gasteiger partial charge in [-0.15, -0.1) is 6.58 Å². The van der Waals surface area contributed by atoms with E-state index in [1.54, 1.807) is 11.1 Å². The van der Waals surface area contributed by atoms with Crippen LogP contribution < -0.4 is 0 Å². The van der Waals surface area contributed by atoms with Gasteiger partial charge in [0.15, 0.2) is 0 Å². The second-order valence-electron chi connectivity index (χ2n) is 7.47. The summed E-state index contributed by atoms with van der Waals surface area (Å²) in [5.41, 5.74) is 4.48. The van der Waals surface area contributed by atoms with E-state index in [0.717, 1.165) is 6.42 Å². The predicted octanol–water partition coefficient (Wildman–Crippen LogP) is 8.04. The number of unbranched alkanes of at least 4 members (excludes halogenated alkanes) is 6. The molecule has 0 fully saturated rings. The Hall–Kier alpha value is -1.82. The fraction of sp³-hybridized carbons (Fsp3) is 0.440. The molecular weight excluding hydrogens is 300 g/mol. The van der Waals surface area contributed by atoms with Crippen LogP contribution in [0, 0.1) is 0 Å². The topological polar surface area (TPSA) is 0 Å². The predicted molar refractivity (Wildman–Crippen MR) is 112 cm³/mol. The van der Waals surface area contributed by atoms with Crippen LogP contribution in [-0.4, -0.2) is 0 Å². The molecule has 0 N–H and O–H groups in total. The molecule has 0 saturated carbocycles. The second kappa shape index (κ2) is 9.04. The highest BCUT2D eigenvalue weighted by Crippen LogP contribution is 2.42. The van der Waals surface area contributed by atoms with Crippen molar-refractivity contribution in [1.82, 2.24) is 0 Å². The standard InChI is InChI=1S/C25H32/c1-3-5-6-7-8-9-10-17-23-21(13-4-2)19-22-16-11-14-20-15-12-18-24(23)25(20)22/h4,11-12,14-16,18-19,23H,2-3,5-10,13,17H2,1H3. The summed E-state index contributed by atoms with van der Waals surface area (Å²) < 4.78 is 0. The first-order valence-corrected chi connectivity index (χ1v) is 10.2. The lowest BCUT2D eigenvalue weighted by Crippen LogP contribution is -2.08. The third-order valence-electron chi connectivity index (χ3n) is 5.61. The minimum atomic E-state index is 0.576. The summed E-state index contributed by atoms with van der Waals surface area (Å²) in [5.74, 6) is 0.576. The van der Waals surface area contributed by atoms with Crippen LogP contribution in [0.2, 0.25) is 0 Å². The molecule has 0 aromatic heterocycles. The Kier molecular flexibility index (Phi) is 6.50. The van der Waals surface area contributed by atoms with Gasteiger partial charge in [0.05, 0.1) is 0 Å². The van der Waals surface area contributed by atoms with E-state index < -0.39 is 0 Å². The van der Waals surface area contributed by atoms with Crippen molar-refractivity contribution < 1.29 is 0 Å². The number of allylic oxidation sites excluding steroid dienone is 2. The highest BCUT2D eigenvalue weighted by atomic mass is 14.3. The van der Waals surface area contributed by atoms with Crippen molar-refractivity contribution in [2.75, 3.05) is 0 Å². The summed E-state index contributed by atoms with van der Waals surface area (Å²) in [6.07, 6.45) is 16.4. The van der Waals surface area contributed by atoms with Gasteiger partial charge in [0.25, 0.3) is 0 Å². The van der Waals surface area contributed by atoms with E-state index in [2.05, 4.69) is 62.1 Å². The highest BCUT2D eigenvalue weighted by Gasteiger charge is 2.23. The number of hydrogen-bond donors (Lipinski definition) is 0. The third-order valence-corrected chi connectivity index (χ3v) is 5.61. The summed E-state index contributed by atoms with van der Waals surface area (Å²) in [5, 5.41) is 2.86. The van der Waals surface area contributed by atoms with Gasteiger partial charge < -0.3 is 0 Å². The highest BCUT2D eigenvalue weighted by molar-refractivity contribution is 5.96. The zero-order chi connectivity index (χ0) is 17.5. The van der Waals surface area contributed by atoms with Crippen LogP contribution in [-0.2, 0) is 0 Å². The molecule has 0 spiro atoms. The molecule has 25 heavy (non-hydrogen) atoms. The van der Waals surface area contributed by atoms with Crippen molar-refractivity contribution >= 4 is 16.8 Å². The van der Waals surface area contributed by atoms with E-state index >= 15 is 0 Å². The minimum Gasteiger partial charge on any atom is -0.103 e. The first kappa shape index (κ1) is 18.0. The van der Waals surface area contributed by atoms with Gasteiger partial charge >= 0.3 is 0 Å². The van der Waals surface area contributed by atoms with Crippen molar-refractivity contribution in [3.8, 4) is 0 Å². The van der Waals surface area contributed by atoms with Gasteiger partial charge in [-0.2, -0.15) is 0 Å². The first-order valence-electron chi connectivity index (χ1n) is 10.2. The van der Waals surface area contributed by atoms with Crippen molar-refractivity contribution in [3.05, 3.63) is 65.8 Å².